The van der Waals surface area contributed by atoms with Crippen LogP contribution in [0.25, 0.3) is 0 Å². The maximum absolute atomic E-state index is 5.89. The van der Waals surface area contributed by atoms with Crippen LogP contribution in [0.3, 0.4) is 0 Å². The fourth-order valence-corrected chi connectivity index (χ4v) is 2.80. The number of aromatic nitrogens is 2. The zero-order valence-corrected chi connectivity index (χ0v) is 10.6. The van der Waals surface area contributed by atoms with Crippen LogP contribution >= 0.6 is 0 Å². The number of nitrogens with zero attached hydrogens (tertiary/aromatic N) is 3. The van der Waals surface area contributed by atoms with Crippen LogP contribution in [0.2, 0.25) is 0 Å². The third-order valence-electron chi connectivity index (χ3n) is 3.84. The molecule has 5 heteroatoms. The lowest BCUT2D eigenvalue weighted by molar-refractivity contribution is -0.0541. The van der Waals surface area contributed by atoms with Gasteiger partial charge in [-0.05, 0) is 37.9 Å². The predicted molar refractivity (Wildman–Crippen MR) is 68.1 cm³/mol. The largest absolute Gasteiger partial charge is 0.367 e. The van der Waals surface area contributed by atoms with E-state index in [0.29, 0.717) is 12.6 Å². The first-order valence-corrected chi connectivity index (χ1v) is 6.73. The normalized spacial score (nSPS) is 28.3. The Balaban J connectivity index is 1.67. The van der Waals surface area contributed by atoms with Gasteiger partial charge < -0.3 is 10.5 Å². The number of hydrogen-bond acceptors (Lipinski definition) is 5. The average Bonchev–Trinajstić information content (AvgIpc) is 2.87. The smallest absolute Gasteiger partial charge is 0.158 e. The van der Waals surface area contributed by atoms with Crippen LogP contribution in [0.4, 0.5) is 0 Å². The summed E-state index contributed by atoms with van der Waals surface area (Å²) in [7, 11) is 0. The molecule has 2 fully saturated rings. The zero-order valence-electron chi connectivity index (χ0n) is 10.6. The Labute approximate surface area is 107 Å². The molecule has 2 atom stereocenters. The molecule has 98 valence electrons. The highest BCUT2D eigenvalue weighted by molar-refractivity contribution is 5.07. The maximum Gasteiger partial charge on any atom is 0.158 e. The summed E-state index contributed by atoms with van der Waals surface area (Å²) in [5.41, 5.74) is 6.61. The van der Waals surface area contributed by atoms with Gasteiger partial charge >= 0.3 is 0 Å². The Kier molecular flexibility index (Phi) is 3.54. The molecule has 3 heterocycles. The first kappa shape index (κ1) is 12.0. The van der Waals surface area contributed by atoms with Gasteiger partial charge in [0.25, 0.3) is 0 Å². The summed E-state index contributed by atoms with van der Waals surface area (Å²) in [6.45, 7) is 3.58. The first-order chi connectivity index (χ1) is 8.86. The Bertz CT molecular complexity index is 394. The molecule has 2 aliphatic heterocycles. The fraction of sp³-hybridized carbons (Fsp3) is 0.692. The van der Waals surface area contributed by atoms with Gasteiger partial charge in [0.05, 0.1) is 6.61 Å². The van der Waals surface area contributed by atoms with Crippen LogP contribution in [0.1, 0.15) is 30.3 Å². The lowest BCUT2D eigenvalue weighted by Crippen LogP contribution is -2.42. The number of nitrogens with two attached hydrogens (primary N) is 1. The summed E-state index contributed by atoms with van der Waals surface area (Å²) in [6.07, 6.45) is 7.16. The van der Waals surface area contributed by atoms with Crippen molar-refractivity contribution in [3.63, 3.8) is 0 Å². The standard InChI is InChI=1S/C13H20N4O/c14-4-3-10-6-15-13(16-7-10)12-8-17-5-1-2-11(17)9-18-12/h6-7,11-12H,1-5,8-9,14H2. The predicted octanol–water partition coefficient (Wildman–Crippen LogP) is 0.514. The van der Waals surface area contributed by atoms with Crippen molar-refractivity contribution >= 4 is 0 Å². The molecule has 0 saturated carbocycles. The minimum Gasteiger partial charge on any atom is -0.367 e. The number of fused-ring (bicyclic) bond motifs is 1. The number of hydrogen-bond donors (Lipinski definition) is 1. The third-order valence-corrected chi connectivity index (χ3v) is 3.84. The summed E-state index contributed by atoms with van der Waals surface area (Å²) < 4.78 is 5.89. The van der Waals surface area contributed by atoms with Crippen molar-refractivity contribution < 1.29 is 4.74 Å². The number of rotatable bonds is 3. The molecule has 0 aliphatic carbocycles. The number of ether oxygens (including phenoxy) is 1. The summed E-state index contributed by atoms with van der Waals surface area (Å²) in [5.74, 6) is 0.807. The second kappa shape index (κ2) is 5.30. The minimum atomic E-state index is 0.0336. The van der Waals surface area contributed by atoms with Gasteiger partial charge in [0.15, 0.2) is 5.82 Å². The van der Waals surface area contributed by atoms with E-state index in [1.807, 2.05) is 12.4 Å². The monoisotopic (exact) mass is 248 g/mol. The van der Waals surface area contributed by atoms with Gasteiger partial charge in [0, 0.05) is 25.0 Å². The van der Waals surface area contributed by atoms with Crippen molar-refractivity contribution in [3.8, 4) is 0 Å². The van der Waals surface area contributed by atoms with Gasteiger partial charge in [-0.25, -0.2) is 9.97 Å². The summed E-state index contributed by atoms with van der Waals surface area (Å²) in [6, 6.07) is 0.623. The molecule has 2 unspecified atom stereocenters. The quantitative estimate of drug-likeness (QED) is 0.844. The maximum atomic E-state index is 5.89. The van der Waals surface area contributed by atoms with E-state index in [1.54, 1.807) is 0 Å². The molecule has 0 aromatic carbocycles. The highest BCUT2D eigenvalue weighted by Gasteiger charge is 2.33. The van der Waals surface area contributed by atoms with E-state index < -0.39 is 0 Å². The van der Waals surface area contributed by atoms with Crippen LogP contribution in [-0.4, -0.2) is 47.2 Å². The van der Waals surface area contributed by atoms with Crippen molar-refractivity contribution in [2.24, 2.45) is 5.73 Å². The first-order valence-electron chi connectivity index (χ1n) is 6.73. The molecule has 1 aromatic heterocycles. The van der Waals surface area contributed by atoms with Gasteiger partial charge in [-0.3, -0.25) is 4.90 Å². The highest BCUT2D eigenvalue weighted by atomic mass is 16.5. The minimum absolute atomic E-state index is 0.0336. The van der Waals surface area contributed by atoms with Crippen LogP contribution in [0, 0.1) is 0 Å². The molecule has 2 N–H and O–H groups in total. The van der Waals surface area contributed by atoms with Gasteiger partial charge in [-0.15, -0.1) is 0 Å². The van der Waals surface area contributed by atoms with Crippen molar-refractivity contribution in [3.05, 3.63) is 23.8 Å². The fourth-order valence-electron chi connectivity index (χ4n) is 2.80. The van der Waals surface area contributed by atoms with E-state index in [9.17, 15) is 0 Å². The molecule has 2 saturated heterocycles. The molecule has 5 nitrogen and oxygen atoms in total. The molecule has 1 aromatic rings. The average molecular weight is 248 g/mol. The van der Waals surface area contributed by atoms with Crippen molar-refractivity contribution in [2.75, 3.05) is 26.2 Å². The van der Waals surface area contributed by atoms with E-state index in [0.717, 1.165) is 31.0 Å². The Morgan fingerprint density at radius 2 is 2.22 bits per heavy atom. The molecule has 0 amide bonds. The Morgan fingerprint density at radius 1 is 1.39 bits per heavy atom. The van der Waals surface area contributed by atoms with E-state index in [4.69, 9.17) is 10.5 Å². The molecule has 2 aliphatic rings. The topological polar surface area (TPSA) is 64.3 Å². The van der Waals surface area contributed by atoms with E-state index in [2.05, 4.69) is 14.9 Å². The van der Waals surface area contributed by atoms with E-state index in [-0.39, 0.29) is 6.10 Å². The summed E-state index contributed by atoms with van der Waals surface area (Å²) in [5, 5.41) is 0. The number of morpholine rings is 1. The molecular weight excluding hydrogens is 228 g/mol. The summed E-state index contributed by atoms with van der Waals surface area (Å²) >= 11 is 0. The lowest BCUT2D eigenvalue weighted by atomic mass is 10.2. The van der Waals surface area contributed by atoms with Crippen LogP contribution in [0.5, 0.6) is 0 Å². The second-order valence-electron chi connectivity index (χ2n) is 5.10. The Morgan fingerprint density at radius 3 is 3.00 bits per heavy atom. The van der Waals surface area contributed by atoms with Crippen LogP contribution in [0.15, 0.2) is 12.4 Å². The summed E-state index contributed by atoms with van der Waals surface area (Å²) in [4.78, 5) is 11.3. The molecule has 3 rings (SSSR count). The second-order valence-corrected chi connectivity index (χ2v) is 5.10. The molecule has 0 radical (unpaired) electrons. The van der Waals surface area contributed by atoms with Gasteiger partial charge in [-0.1, -0.05) is 0 Å². The Hall–Kier alpha value is -1.04. The van der Waals surface area contributed by atoms with Gasteiger partial charge in [-0.2, -0.15) is 0 Å². The molecular formula is C13H20N4O. The van der Waals surface area contributed by atoms with E-state index in [1.165, 1.54) is 19.4 Å². The SMILES string of the molecule is NCCc1cnc(C2CN3CCCC3CO2)nc1. The third kappa shape index (κ3) is 2.39. The lowest BCUT2D eigenvalue weighted by Gasteiger charge is -2.34. The van der Waals surface area contributed by atoms with E-state index >= 15 is 0 Å². The molecule has 0 bridgehead atoms. The molecule has 0 spiro atoms. The van der Waals surface area contributed by atoms with Crippen molar-refractivity contribution in [2.45, 2.75) is 31.4 Å². The van der Waals surface area contributed by atoms with Crippen LogP contribution < -0.4 is 5.73 Å². The van der Waals surface area contributed by atoms with Gasteiger partial charge in [0.1, 0.15) is 6.10 Å². The van der Waals surface area contributed by atoms with Crippen LogP contribution in [-0.2, 0) is 11.2 Å². The van der Waals surface area contributed by atoms with Crippen molar-refractivity contribution in [1.29, 1.82) is 0 Å². The molecule has 18 heavy (non-hydrogen) atoms. The highest BCUT2D eigenvalue weighted by Crippen LogP contribution is 2.28. The van der Waals surface area contributed by atoms with Gasteiger partial charge in [0.2, 0.25) is 0 Å². The zero-order chi connectivity index (χ0) is 12.4. The van der Waals surface area contributed by atoms with Crippen molar-refractivity contribution in [1.82, 2.24) is 14.9 Å².